The quantitative estimate of drug-likeness (QED) is 0.0858. The van der Waals surface area contributed by atoms with Gasteiger partial charge in [-0.2, -0.15) is 4.98 Å². The van der Waals surface area contributed by atoms with E-state index in [1.807, 2.05) is 0 Å². The minimum Gasteiger partial charge on any atom is -0.394 e. The zero-order chi connectivity index (χ0) is 32.2. The first-order valence-electron chi connectivity index (χ1n) is 12.8. The van der Waals surface area contributed by atoms with Crippen molar-refractivity contribution in [3.8, 4) is 0 Å². The third kappa shape index (κ3) is 5.84. The van der Waals surface area contributed by atoms with E-state index in [4.69, 9.17) is 28.8 Å². The number of alkyl halides is 1. The van der Waals surface area contributed by atoms with Gasteiger partial charge >= 0.3 is 16.1 Å². The van der Waals surface area contributed by atoms with Crippen molar-refractivity contribution in [3.05, 3.63) is 39.7 Å². The topological polar surface area (TPSA) is 314 Å². The van der Waals surface area contributed by atoms with Crippen LogP contribution >= 0.6 is 16.1 Å². The molecule has 6 heterocycles. The molecule has 6 rings (SSSR count). The Morgan fingerprint density at radius 3 is 2.42 bits per heavy atom. The van der Waals surface area contributed by atoms with E-state index < -0.39 is 89.6 Å². The van der Waals surface area contributed by atoms with Crippen LogP contribution < -0.4 is 16.9 Å². The minimum absolute atomic E-state index is 0.0931. The second-order valence-electron chi connectivity index (χ2n) is 9.76. The van der Waals surface area contributed by atoms with Gasteiger partial charge in [-0.25, -0.2) is 23.9 Å². The molecule has 0 amide bonds. The highest BCUT2D eigenvalue weighted by atomic mass is 31.2. The maximum Gasteiger partial charge on any atom is 0.472 e. The van der Waals surface area contributed by atoms with Crippen molar-refractivity contribution in [1.29, 1.82) is 0 Å². The number of aromatic nitrogens is 8. The predicted molar refractivity (Wildman–Crippen MR) is 143 cm³/mol. The average Bonchev–Trinajstić information content (AvgIpc) is 3.73. The van der Waals surface area contributed by atoms with Crippen molar-refractivity contribution >= 4 is 44.4 Å². The van der Waals surface area contributed by atoms with E-state index in [1.165, 1.54) is 0 Å². The second-order valence-corrected chi connectivity index (χ2v) is 11.9. The fourth-order valence-electron chi connectivity index (χ4n) is 5.05. The molecule has 4 aromatic heterocycles. The first-order valence-corrected chi connectivity index (χ1v) is 15.6. The van der Waals surface area contributed by atoms with E-state index >= 15 is 4.39 Å². The largest absolute Gasteiger partial charge is 0.472 e. The Hall–Kier alpha value is -3.47. The molecule has 0 spiro atoms. The fourth-order valence-corrected chi connectivity index (χ4v) is 6.49. The Bertz CT molecular complexity index is 1920. The number of imidazole rings is 2. The summed E-state index contributed by atoms with van der Waals surface area (Å²) in [7, 11) is -9.00. The van der Waals surface area contributed by atoms with Crippen LogP contribution in [0.4, 0.5) is 10.3 Å². The van der Waals surface area contributed by atoms with Crippen LogP contribution in [0.5, 0.6) is 0 Å². The number of halogens is 1. The Labute approximate surface area is 248 Å². The van der Waals surface area contributed by atoms with Gasteiger partial charge in [-0.15, -0.1) is 0 Å². The van der Waals surface area contributed by atoms with Gasteiger partial charge in [-0.1, -0.05) is 0 Å². The van der Waals surface area contributed by atoms with Gasteiger partial charge in [0.05, 0.1) is 32.2 Å². The number of phosphoric ester groups is 1. The van der Waals surface area contributed by atoms with Gasteiger partial charge < -0.3 is 44.7 Å². The second kappa shape index (κ2) is 12.0. The zero-order valence-corrected chi connectivity index (χ0v) is 24.2. The number of phosphoric acid groups is 1. The number of aromatic amines is 2. The predicted octanol–water partition coefficient (Wildman–Crippen LogP) is -2.41. The SMILES string of the molecule is Nc1nc2c(ncn2[C@@H]2O[C@H](CO)[C@@H](O)[C@H]2OP(=O)(O)OC[C@H]2O[C@@H](n3cnc4c(=O)[nH]cnc43)[C@@H](F)[C@@H]2O[PH](=O)O)c(=O)[nH]1. The van der Waals surface area contributed by atoms with Crippen LogP contribution in [0, 0.1) is 0 Å². The number of nitrogens with two attached hydrogens (primary N) is 1. The highest BCUT2D eigenvalue weighted by Gasteiger charge is 2.52. The van der Waals surface area contributed by atoms with E-state index in [1.54, 1.807) is 0 Å². The van der Waals surface area contributed by atoms with E-state index in [9.17, 15) is 38.7 Å². The molecule has 2 aliphatic rings. The summed E-state index contributed by atoms with van der Waals surface area (Å²) < 4.78 is 68.5. The van der Waals surface area contributed by atoms with Crippen molar-refractivity contribution in [2.75, 3.05) is 18.9 Å². The number of nitrogens with one attached hydrogen (secondary N) is 2. The summed E-state index contributed by atoms with van der Waals surface area (Å²) in [6, 6.07) is 0. The monoisotopic (exact) mass is 679 g/mol. The molecule has 22 nitrogen and oxygen atoms in total. The molecular formula is C20H24FN9O13P2. The van der Waals surface area contributed by atoms with Crippen LogP contribution in [0.2, 0.25) is 0 Å². The van der Waals surface area contributed by atoms with Gasteiger partial charge in [0.25, 0.3) is 11.1 Å². The number of aliphatic hydroxyl groups is 2. The van der Waals surface area contributed by atoms with Crippen LogP contribution in [-0.4, -0.2) is 109 Å². The summed E-state index contributed by atoms with van der Waals surface area (Å²) >= 11 is 0. The number of hydrogen-bond donors (Lipinski definition) is 7. The Kier molecular flexibility index (Phi) is 8.43. The van der Waals surface area contributed by atoms with Gasteiger partial charge in [-0.05, 0) is 0 Å². The summed E-state index contributed by atoms with van der Waals surface area (Å²) in [5.74, 6) is -0.297. The van der Waals surface area contributed by atoms with Crippen molar-refractivity contribution in [2.45, 2.75) is 49.1 Å². The Morgan fingerprint density at radius 2 is 1.73 bits per heavy atom. The lowest BCUT2D eigenvalue weighted by Crippen LogP contribution is -2.36. The van der Waals surface area contributed by atoms with E-state index in [0.29, 0.717) is 0 Å². The van der Waals surface area contributed by atoms with Crippen molar-refractivity contribution in [3.63, 3.8) is 0 Å². The average molecular weight is 679 g/mol. The molecule has 0 bridgehead atoms. The van der Waals surface area contributed by atoms with Crippen LogP contribution in [0.15, 0.2) is 28.6 Å². The molecule has 4 aromatic rings. The van der Waals surface area contributed by atoms with Crippen molar-refractivity contribution in [2.24, 2.45) is 0 Å². The van der Waals surface area contributed by atoms with Gasteiger partial charge in [-0.3, -0.25) is 37.3 Å². The number of anilines is 1. The molecule has 2 aliphatic heterocycles. The maximum absolute atomic E-state index is 15.5. The van der Waals surface area contributed by atoms with E-state index in [0.717, 1.165) is 28.1 Å². The van der Waals surface area contributed by atoms with Gasteiger partial charge in [0.2, 0.25) is 5.95 Å². The van der Waals surface area contributed by atoms with Gasteiger partial charge in [0.15, 0.2) is 41.0 Å². The summed E-state index contributed by atoms with van der Waals surface area (Å²) in [5.41, 5.74) is 3.69. The Morgan fingerprint density at radius 1 is 1.07 bits per heavy atom. The molecule has 10 atom stereocenters. The highest BCUT2D eigenvalue weighted by molar-refractivity contribution is 7.47. The standard InChI is InChI=1S/C20H24FN9O13P2/c21-8-12(42-44(35)36)7(41-18(8)29-4-25-9-14(29)23-3-24-16(9)33)2-39-45(37,38)43-13-11(32)6(1-31)40-19(13)30-5-26-10-15(30)27-20(22)28-17(10)34/h3-8,11-13,18-19,31-32,44H,1-2H2,(H,35,36)(H,37,38)(H,23,24,33)(H3,22,27,28,34)/t6-,7-,8+,11-,12-,13-,18-,19-/m1/s1. The molecule has 8 N–H and O–H groups in total. The third-order valence-electron chi connectivity index (χ3n) is 7.02. The van der Waals surface area contributed by atoms with Crippen LogP contribution in [0.1, 0.15) is 12.5 Å². The van der Waals surface area contributed by atoms with Crippen LogP contribution in [0.25, 0.3) is 22.3 Å². The molecule has 2 unspecified atom stereocenters. The molecule has 2 fully saturated rings. The number of fused-ring (bicyclic) bond motifs is 2. The Balaban J connectivity index is 1.23. The molecule has 0 aliphatic carbocycles. The number of nitrogen functional groups attached to an aromatic ring is 1. The first-order chi connectivity index (χ1) is 21.4. The first kappa shape index (κ1) is 31.5. The number of hydrogen-bond acceptors (Lipinski definition) is 16. The number of nitrogens with zero attached hydrogens (tertiary/aromatic N) is 6. The lowest BCUT2D eigenvalue weighted by Gasteiger charge is -2.25. The fraction of sp³-hybridized carbons (Fsp3) is 0.500. The minimum atomic E-state index is -5.23. The molecule has 2 saturated heterocycles. The molecule has 0 aromatic carbocycles. The number of ether oxygens (including phenoxy) is 2. The van der Waals surface area contributed by atoms with Crippen LogP contribution in [0.3, 0.4) is 0 Å². The third-order valence-corrected chi connectivity index (χ3v) is 8.48. The molecule has 244 valence electrons. The summed E-state index contributed by atoms with van der Waals surface area (Å²) in [6.45, 7) is -1.71. The number of aliphatic hydroxyl groups excluding tert-OH is 2. The maximum atomic E-state index is 15.5. The van der Waals surface area contributed by atoms with Gasteiger partial charge in [0, 0.05) is 0 Å². The molecular weight excluding hydrogens is 655 g/mol. The van der Waals surface area contributed by atoms with Crippen molar-refractivity contribution < 1.29 is 56.6 Å². The molecule has 0 radical (unpaired) electrons. The summed E-state index contributed by atoms with van der Waals surface area (Å²) in [4.78, 5) is 64.4. The van der Waals surface area contributed by atoms with Crippen LogP contribution in [-0.2, 0) is 32.2 Å². The normalized spacial score (nSPS) is 30.7. The smallest absolute Gasteiger partial charge is 0.394 e. The van der Waals surface area contributed by atoms with E-state index in [-0.39, 0.29) is 28.3 Å². The number of H-pyrrole nitrogens is 2. The summed E-state index contributed by atoms with van der Waals surface area (Å²) in [5, 5.41) is 20.4. The lowest BCUT2D eigenvalue weighted by molar-refractivity contribution is -0.0589. The molecule has 45 heavy (non-hydrogen) atoms. The molecule has 25 heteroatoms. The summed E-state index contributed by atoms with van der Waals surface area (Å²) in [6.07, 6.45) is -10.4. The van der Waals surface area contributed by atoms with E-state index in [2.05, 4.69) is 29.9 Å². The highest BCUT2D eigenvalue weighted by Crippen LogP contribution is 2.50. The lowest BCUT2D eigenvalue weighted by atomic mass is 10.1. The molecule has 0 saturated carbocycles. The van der Waals surface area contributed by atoms with Gasteiger partial charge in [0.1, 0.15) is 30.5 Å². The number of rotatable bonds is 10. The zero-order valence-electron chi connectivity index (χ0n) is 22.3. The van der Waals surface area contributed by atoms with Crippen molar-refractivity contribution in [1.82, 2.24) is 39.0 Å².